The highest BCUT2D eigenvalue weighted by Crippen LogP contribution is 2.27. The maximum atomic E-state index is 4.13. The second-order valence-electron chi connectivity index (χ2n) is 3.03. The molecule has 1 aromatic rings. The zero-order valence-electron chi connectivity index (χ0n) is 6.81. The Bertz CT molecular complexity index is 286. The minimum absolute atomic E-state index is 1.07. The molecule has 0 saturated heterocycles. The number of nitrogens with one attached hydrogen (secondary N) is 1. The van der Waals surface area contributed by atoms with Crippen molar-refractivity contribution in [2.75, 3.05) is 11.9 Å². The second-order valence-corrected chi connectivity index (χ2v) is 3.89. The molecular weight excluding hydrogens is 216 g/mol. The maximum Gasteiger partial charge on any atom is 0.0570 e. The molecule has 3 heteroatoms. The van der Waals surface area contributed by atoms with Crippen molar-refractivity contribution in [1.82, 2.24) is 4.98 Å². The van der Waals surface area contributed by atoms with Crippen molar-refractivity contribution in [3.8, 4) is 0 Å². The van der Waals surface area contributed by atoms with Crippen LogP contribution in [0.1, 0.15) is 18.4 Å². The largest absolute Gasteiger partial charge is 0.384 e. The summed E-state index contributed by atoms with van der Waals surface area (Å²) in [5.41, 5.74) is 2.57. The smallest absolute Gasteiger partial charge is 0.0570 e. The fourth-order valence-electron chi connectivity index (χ4n) is 1.52. The van der Waals surface area contributed by atoms with E-state index in [2.05, 4.69) is 26.2 Å². The van der Waals surface area contributed by atoms with Crippen molar-refractivity contribution in [3.05, 3.63) is 22.4 Å². The Kier molecular flexibility index (Phi) is 2.30. The number of halogens is 1. The van der Waals surface area contributed by atoms with Crippen molar-refractivity contribution in [2.24, 2.45) is 0 Å². The van der Waals surface area contributed by atoms with E-state index < -0.39 is 0 Å². The fraction of sp³-hybridized carbons (Fsp3) is 0.444. The van der Waals surface area contributed by atoms with Gasteiger partial charge in [0.15, 0.2) is 0 Å². The molecule has 0 aliphatic carbocycles. The summed E-state index contributed by atoms with van der Waals surface area (Å²) in [5, 5.41) is 3.37. The summed E-state index contributed by atoms with van der Waals surface area (Å²) in [6.45, 7) is 1.07. The first kappa shape index (κ1) is 8.05. The van der Waals surface area contributed by atoms with Gasteiger partial charge in [-0.1, -0.05) is 0 Å². The molecule has 0 unspecified atom stereocenters. The Labute approximate surface area is 80.5 Å². The quantitative estimate of drug-likeness (QED) is 0.736. The van der Waals surface area contributed by atoms with Gasteiger partial charge in [0.25, 0.3) is 0 Å². The van der Waals surface area contributed by atoms with Gasteiger partial charge in [-0.15, -0.1) is 0 Å². The second kappa shape index (κ2) is 3.44. The number of fused-ring (bicyclic) bond motifs is 1. The lowest BCUT2D eigenvalue weighted by Gasteiger charge is -2.07. The normalized spacial score (nSPS) is 16.1. The summed E-state index contributed by atoms with van der Waals surface area (Å²) >= 11 is 3.51. The third-order valence-corrected chi connectivity index (χ3v) is 2.86. The van der Waals surface area contributed by atoms with Gasteiger partial charge < -0.3 is 5.32 Å². The summed E-state index contributed by atoms with van der Waals surface area (Å²) < 4.78 is 1.13. The molecule has 2 nitrogen and oxygen atoms in total. The molecule has 1 aliphatic heterocycles. The average Bonchev–Trinajstić information content (AvgIpc) is 2.30. The molecule has 0 saturated carbocycles. The van der Waals surface area contributed by atoms with Gasteiger partial charge in [-0.2, -0.15) is 0 Å². The summed E-state index contributed by atoms with van der Waals surface area (Å²) in [6, 6.07) is 0. The first-order valence-electron chi connectivity index (χ1n) is 4.24. The first-order chi connectivity index (χ1) is 5.88. The lowest BCUT2D eigenvalue weighted by atomic mass is 10.1. The molecule has 64 valence electrons. The van der Waals surface area contributed by atoms with E-state index in [9.17, 15) is 0 Å². The molecule has 1 aliphatic rings. The van der Waals surface area contributed by atoms with Gasteiger partial charge in [-0.3, -0.25) is 4.98 Å². The van der Waals surface area contributed by atoms with E-state index in [1.54, 1.807) is 0 Å². The number of nitrogens with zero attached hydrogens (tertiary/aromatic N) is 1. The Morgan fingerprint density at radius 2 is 2.25 bits per heavy atom. The lowest BCUT2D eigenvalue weighted by molar-refractivity contribution is 0.784. The van der Waals surface area contributed by atoms with Crippen molar-refractivity contribution in [3.63, 3.8) is 0 Å². The standard InChI is InChI=1S/C9H11BrN2/c10-8-5-11-6-9-7(8)3-1-2-4-12-9/h5-6,12H,1-4H2. The molecule has 12 heavy (non-hydrogen) atoms. The van der Waals surface area contributed by atoms with Crippen LogP contribution in [0.5, 0.6) is 0 Å². The number of rotatable bonds is 0. The van der Waals surface area contributed by atoms with Crippen molar-refractivity contribution < 1.29 is 0 Å². The van der Waals surface area contributed by atoms with Crippen LogP contribution in [-0.4, -0.2) is 11.5 Å². The highest BCUT2D eigenvalue weighted by atomic mass is 79.9. The van der Waals surface area contributed by atoms with Crippen LogP contribution in [0.25, 0.3) is 0 Å². The number of anilines is 1. The van der Waals surface area contributed by atoms with Crippen LogP contribution in [0.2, 0.25) is 0 Å². The summed E-state index contributed by atoms with van der Waals surface area (Å²) in [7, 11) is 0. The summed E-state index contributed by atoms with van der Waals surface area (Å²) in [5.74, 6) is 0. The molecule has 0 amide bonds. The fourth-order valence-corrected chi connectivity index (χ4v) is 2.05. The Morgan fingerprint density at radius 1 is 1.33 bits per heavy atom. The molecule has 0 aromatic carbocycles. The van der Waals surface area contributed by atoms with Crippen LogP contribution in [0.3, 0.4) is 0 Å². The van der Waals surface area contributed by atoms with Crippen LogP contribution < -0.4 is 5.32 Å². The number of pyridine rings is 1. The topological polar surface area (TPSA) is 24.9 Å². The summed E-state index contributed by atoms with van der Waals surface area (Å²) in [4.78, 5) is 4.13. The molecule has 0 spiro atoms. The van der Waals surface area contributed by atoms with E-state index in [4.69, 9.17) is 0 Å². The lowest BCUT2D eigenvalue weighted by Crippen LogP contribution is -2.00. The maximum absolute atomic E-state index is 4.13. The Morgan fingerprint density at radius 3 is 3.17 bits per heavy atom. The molecule has 2 heterocycles. The van der Waals surface area contributed by atoms with Gasteiger partial charge in [0, 0.05) is 17.2 Å². The summed E-state index contributed by atoms with van der Waals surface area (Å²) in [6.07, 6.45) is 7.45. The predicted octanol–water partition coefficient (Wildman–Crippen LogP) is 2.59. The van der Waals surface area contributed by atoms with Gasteiger partial charge in [-0.25, -0.2) is 0 Å². The van der Waals surface area contributed by atoms with Gasteiger partial charge >= 0.3 is 0 Å². The number of hydrogen-bond donors (Lipinski definition) is 1. The highest BCUT2D eigenvalue weighted by Gasteiger charge is 2.09. The van der Waals surface area contributed by atoms with Gasteiger partial charge in [0.1, 0.15) is 0 Å². The van der Waals surface area contributed by atoms with Crippen molar-refractivity contribution >= 4 is 21.6 Å². The van der Waals surface area contributed by atoms with Crippen LogP contribution in [0, 0.1) is 0 Å². The molecule has 0 fully saturated rings. The molecule has 2 rings (SSSR count). The van der Waals surface area contributed by atoms with E-state index in [-0.39, 0.29) is 0 Å². The monoisotopic (exact) mass is 226 g/mol. The third kappa shape index (κ3) is 1.46. The third-order valence-electron chi connectivity index (χ3n) is 2.17. The van der Waals surface area contributed by atoms with Crippen LogP contribution in [0.4, 0.5) is 5.69 Å². The van der Waals surface area contributed by atoms with Crippen molar-refractivity contribution in [1.29, 1.82) is 0 Å². The average molecular weight is 227 g/mol. The van der Waals surface area contributed by atoms with Crippen molar-refractivity contribution in [2.45, 2.75) is 19.3 Å². The molecule has 0 radical (unpaired) electrons. The first-order valence-corrected chi connectivity index (χ1v) is 5.03. The van der Waals surface area contributed by atoms with Gasteiger partial charge in [-0.05, 0) is 40.8 Å². The van der Waals surface area contributed by atoms with Crippen LogP contribution in [0.15, 0.2) is 16.9 Å². The Hall–Kier alpha value is -0.570. The van der Waals surface area contributed by atoms with Crippen LogP contribution >= 0.6 is 15.9 Å². The van der Waals surface area contributed by atoms with Crippen LogP contribution in [-0.2, 0) is 6.42 Å². The molecule has 0 bridgehead atoms. The highest BCUT2D eigenvalue weighted by molar-refractivity contribution is 9.10. The van der Waals surface area contributed by atoms with E-state index in [1.165, 1.54) is 24.1 Å². The number of aromatic nitrogens is 1. The van der Waals surface area contributed by atoms with Gasteiger partial charge in [0.05, 0.1) is 11.9 Å². The molecule has 0 atom stereocenters. The van der Waals surface area contributed by atoms with E-state index in [1.807, 2.05) is 12.4 Å². The van der Waals surface area contributed by atoms with E-state index >= 15 is 0 Å². The predicted molar refractivity (Wildman–Crippen MR) is 53.4 cm³/mol. The molecule has 1 aromatic heterocycles. The number of hydrogen-bond acceptors (Lipinski definition) is 2. The SMILES string of the molecule is Brc1cncc2c1CCCCN2. The van der Waals surface area contributed by atoms with E-state index in [0.29, 0.717) is 0 Å². The van der Waals surface area contributed by atoms with E-state index in [0.717, 1.165) is 17.4 Å². The molecular formula is C9H11BrN2. The zero-order valence-corrected chi connectivity index (χ0v) is 8.39. The molecule has 1 N–H and O–H groups in total. The van der Waals surface area contributed by atoms with Gasteiger partial charge in [0.2, 0.25) is 0 Å². The minimum atomic E-state index is 1.07. The Balaban J connectivity index is 2.42. The minimum Gasteiger partial charge on any atom is -0.384 e. The zero-order chi connectivity index (χ0) is 8.39.